The molecule has 148 valence electrons. The Labute approximate surface area is 166 Å². The van der Waals surface area contributed by atoms with E-state index >= 15 is 0 Å². The number of nitrogens with zero attached hydrogens (tertiary/aromatic N) is 2. The lowest BCUT2D eigenvalue weighted by Crippen LogP contribution is -2.54. The summed E-state index contributed by atoms with van der Waals surface area (Å²) in [5, 5.41) is 7.06. The number of amides is 1. The Kier molecular flexibility index (Phi) is 6.06. The van der Waals surface area contributed by atoms with E-state index < -0.39 is 0 Å². The van der Waals surface area contributed by atoms with Crippen molar-refractivity contribution in [2.45, 2.75) is 32.9 Å². The largest absolute Gasteiger partial charge is 0.454 e. The van der Waals surface area contributed by atoms with E-state index in [-0.39, 0.29) is 18.2 Å². The summed E-state index contributed by atoms with van der Waals surface area (Å²) in [6, 6.07) is 5.91. The van der Waals surface area contributed by atoms with Gasteiger partial charge in [0.15, 0.2) is 16.6 Å². The smallest absolute Gasteiger partial charge is 0.234 e. The lowest BCUT2D eigenvalue weighted by atomic mass is 10.1. The van der Waals surface area contributed by atoms with Crippen LogP contribution in [0.25, 0.3) is 0 Å². The van der Waals surface area contributed by atoms with Gasteiger partial charge in [-0.25, -0.2) is 0 Å². The number of ether oxygens (including phenoxy) is 2. The first kappa shape index (κ1) is 19.7. The molecule has 0 saturated carbocycles. The Morgan fingerprint density at radius 2 is 1.85 bits per heavy atom. The van der Waals surface area contributed by atoms with E-state index in [1.807, 2.05) is 39.0 Å². The van der Waals surface area contributed by atoms with Crippen LogP contribution in [0.3, 0.4) is 0 Å². The molecule has 1 amide bonds. The average Bonchev–Trinajstić information content (AvgIpc) is 3.06. The quantitative estimate of drug-likeness (QED) is 0.749. The van der Waals surface area contributed by atoms with E-state index in [0.29, 0.717) is 13.1 Å². The summed E-state index contributed by atoms with van der Waals surface area (Å²) >= 11 is 5.53. The molecule has 2 N–H and O–H groups in total. The molecular formula is C19H28N4O3S. The fourth-order valence-corrected chi connectivity index (χ4v) is 3.37. The van der Waals surface area contributed by atoms with Crippen LogP contribution in [-0.4, -0.2) is 65.9 Å². The second kappa shape index (κ2) is 8.31. The first-order valence-corrected chi connectivity index (χ1v) is 9.66. The molecule has 0 aromatic heterocycles. The highest BCUT2D eigenvalue weighted by Gasteiger charge is 2.22. The van der Waals surface area contributed by atoms with Crippen molar-refractivity contribution in [3.63, 3.8) is 0 Å². The van der Waals surface area contributed by atoms with E-state index in [9.17, 15) is 4.79 Å². The number of rotatable bonds is 4. The molecule has 1 aromatic carbocycles. The van der Waals surface area contributed by atoms with Crippen molar-refractivity contribution in [2.75, 3.05) is 39.5 Å². The molecule has 0 aliphatic carbocycles. The van der Waals surface area contributed by atoms with Crippen LogP contribution >= 0.6 is 12.2 Å². The van der Waals surface area contributed by atoms with Gasteiger partial charge < -0.3 is 25.0 Å². The van der Waals surface area contributed by atoms with Crippen LogP contribution < -0.4 is 20.1 Å². The molecule has 7 nitrogen and oxygen atoms in total. The van der Waals surface area contributed by atoms with Gasteiger partial charge in [-0.3, -0.25) is 9.69 Å². The van der Waals surface area contributed by atoms with Gasteiger partial charge in [0.2, 0.25) is 12.7 Å². The maximum atomic E-state index is 12.1. The zero-order valence-corrected chi connectivity index (χ0v) is 17.0. The Hall–Kier alpha value is -2.06. The second-order valence-corrected chi connectivity index (χ2v) is 8.29. The third kappa shape index (κ3) is 5.71. The molecule has 0 atom stereocenters. The summed E-state index contributed by atoms with van der Waals surface area (Å²) in [4.78, 5) is 16.4. The highest BCUT2D eigenvalue weighted by molar-refractivity contribution is 7.80. The van der Waals surface area contributed by atoms with Crippen LogP contribution in [0.1, 0.15) is 26.3 Å². The zero-order chi connectivity index (χ0) is 19.4. The minimum Gasteiger partial charge on any atom is -0.454 e. The summed E-state index contributed by atoms with van der Waals surface area (Å²) < 4.78 is 10.7. The molecule has 0 radical (unpaired) electrons. The third-order valence-corrected chi connectivity index (χ3v) is 4.82. The van der Waals surface area contributed by atoms with Crippen molar-refractivity contribution < 1.29 is 14.3 Å². The summed E-state index contributed by atoms with van der Waals surface area (Å²) in [5.41, 5.74) is 0.901. The van der Waals surface area contributed by atoms with Gasteiger partial charge in [-0.1, -0.05) is 6.07 Å². The van der Waals surface area contributed by atoms with Crippen LogP contribution in [0, 0.1) is 0 Å². The zero-order valence-electron chi connectivity index (χ0n) is 16.2. The third-order valence-electron chi connectivity index (χ3n) is 4.42. The van der Waals surface area contributed by atoms with E-state index in [1.165, 1.54) is 0 Å². The minimum atomic E-state index is -0.195. The van der Waals surface area contributed by atoms with Gasteiger partial charge in [-0.15, -0.1) is 0 Å². The number of carbonyl (C=O) groups excluding carboxylic acids is 1. The maximum absolute atomic E-state index is 12.1. The van der Waals surface area contributed by atoms with Gasteiger partial charge in [-0.05, 0) is 50.7 Å². The summed E-state index contributed by atoms with van der Waals surface area (Å²) in [6.07, 6.45) is 0. The molecule has 1 aromatic rings. The van der Waals surface area contributed by atoms with Crippen molar-refractivity contribution in [3.05, 3.63) is 23.8 Å². The predicted molar refractivity (Wildman–Crippen MR) is 108 cm³/mol. The molecule has 3 rings (SSSR count). The summed E-state index contributed by atoms with van der Waals surface area (Å²) in [7, 11) is 0. The fourth-order valence-electron chi connectivity index (χ4n) is 3.11. The number of fused-ring (bicyclic) bond motifs is 1. The number of carbonyl (C=O) groups is 1. The Morgan fingerprint density at radius 1 is 1.15 bits per heavy atom. The molecule has 27 heavy (non-hydrogen) atoms. The van der Waals surface area contributed by atoms with Crippen LogP contribution in [0.15, 0.2) is 18.2 Å². The number of benzene rings is 1. The first-order valence-electron chi connectivity index (χ1n) is 9.25. The number of thiocarbonyl (C=S) groups is 1. The van der Waals surface area contributed by atoms with Crippen molar-refractivity contribution in [1.29, 1.82) is 0 Å². The maximum Gasteiger partial charge on any atom is 0.234 e. The van der Waals surface area contributed by atoms with Gasteiger partial charge in [-0.2, -0.15) is 0 Å². The van der Waals surface area contributed by atoms with E-state index in [4.69, 9.17) is 21.7 Å². The highest BCUT2D eigenvalue weighted by atomic mass is 32.1. The molecule has 2 aliphatic heterocycles. The average molecular weight is 393 g/mol. The molecule has 0 unspecified atom stereocenters. The highest BCUT2D eigenvalue weighted by Crippen LogP contribution is 2.32. The standard InChI is InChI=1S/C19H28N4O3S/c1-19(2,3)21-17(24)12-22-6-8-23(9-7-22)18(27)20-11-14-4-5-15-16(10-14)26-13-25-15/h4-5,10H,6-9,11-13H2,1-3H3,(H,20,27)(H,21,24). The number of nitrogens with one attached hydrogen (secondary N) is 2. The van der Waals surface area contributed by atoms with Gasteiger partial charge >= 0.3 is 0 Å². The minimum absolute atomic E-state index is 0.0689. The fraction of sp³-hybridized carbons (Fsp3) is 0.579. The SMILES string of the molecule is CC(C)(C)NC(=O)CN1CCN(C(=S)NCc2ccc3c(c2)OCO3)CC1. The molecule has 0 spiro atoms. The molecule has 1 saturated heterocycles. The van der Waals surface area contributed by atoms with Gasteiger partial charge in [0, 0.05) is 38.3 Å². The number of hydrogen-bond donors (Lipinski definition) is 2. The molecule has 2 heterocycles. The van der Waals surface area contributed by atoms with Crippen molar-refractivity contribution in [2.24, 2.45) is 0 Å². The summed E-state index contributed by atoms with van der Waals surface area (Å²) in [6.45, 7) is 10.6. The van der Waals surface area contributed by atoms with Crippen LogP contribution in [0.2, 0.25) is 0 Å². The normalized spacial score (nSPS) is 16.9. The second-order valence-electron chi connectivity index (χ2n) is 7.91. The Bertz CT molecular complexity index is 697. The monoisotopic (exact) mass is 392 g/mol. The van der Waals surface area contributed by atoms with Gasteiger partial charge in [0.1, 0.15) is 0 Å². The summed E-state index contributed by atoms with van der Waals surface area (Å²) in [5.74, 6) is 1.63. The molecule has 0 bridgehead atoms. The van der Waals surface area contributed by atoms with Crippen molar-refractivity contribution in [3.8, 4) is 11.5 Å². The van der Waals surface area contributed by atoms with E-state index in [1.54, 1.807) is 0 Å². The van der Waals surface area contributed by atoms with Crippen LogP contribution in [-0.2, 0) is 11.3 Å². The molecule has 1 fully saturated rings. The molecule has 2 aliphatic rings. The van der Waals surface area contributed by atoms with Crippen molar-refractivity contribution in [1.82, 2.24) is 20.4 Å². The lowest BCUT2D eigenvalue weighted by molar-refractivity contribution is -0.123. The van der Waals surface area contributed by atoms with E-state index in [2.05, 4.69) is 20.4 Å². The Balaban J connectivity index is 1.40. The Morgan fingerprint density at radius 3 is 2.56 bits per heavy atom. The molecular weight excluding hydrogens is 364 g/mol. The molecule has 8 heteroatoms. The van der Waals surface area contributed by atoms with E-state index in [0.717, 1.165) is 48.4 Å². The number of hydrogen-bond acceptors (Lipinski definition) is 5. The van der Waals surface area contributed by atoms with Crippen LogP contribution in [0.4, 0.5) is 0 Å². The topological polar surface area (TPSA) is 66.1 Å². The number of piperazine rings is 1. The predicted octanol–water partition coefficient (Wildman–Crippen LogP) is 1.32. The lowest BCUT2D eigenvalue weighted by Gasteiger charge is -2.36. The van der Waals surface area contributed by atoms with Gasteiger partial charge in [0.25, 0.3) is 0 Å². The first-order chi connectivity index (χ1) is 12.8. The van der Waals surface area contributed by atoms with Crippen LogP contribution in [0.5, 0.6) is 11.5 Å². The van der Waals surface area contributed by atoms with Crippen molar-refractivity contribution >= 4 is 23.2 Å². The van der Waals surface area contributed by atoms with Gasteiger partial charge in [0.05, 0.1) is 6.54 Å².